The molecule has 0 spiro atoms. The minimum absolute atomic E-state index is 0.729. The van der Waals surface area contributed by atoms with Gasteiger partial charge in [-0.2, -0.15) is 0 Å². The number of aliphatic hydroxyl groups is 1. The molecule has 2 unspecified atom stereocenters. The largest absolute Gasteiger partial charge is 0.386 e. The lowest BCUT2D eigenvalue weighted by molar-refractivity contribution is 0.152. The fourth-order valence-electron chi connectivity index (χ4n) is 1.90. The Hall–Kier alpha value is -1.49. The second kappa shape index (κ2) is 3.77. The number of benzene rings is 1. The summed E-state index contributed by atoms with van der Waals surface area (Å²) in [7, 11) is 0. The summed E-state index contributed by atoms with van der Waals surface area (Å²) in [4.78, 5) is 4.51. The van der Waals surface area contributed by atoms with Crippen molar-refractivity contribution in [2.24, 2.45) is 5.73 Å². The summed E-state index contributed by atoms with van der Waals surface area (Å²) in [6.07, 6.45) is 6.40. The molecular formula is C13H12N2OS. The first-order valence-corrected chi connectivity index (χ1v) is 6.21. The average Bonchev–Trinajstić information content (AvgIpc) is 2.77. The molecule has 1 aliphatic rings. The summed E-state index contributed by atoms with van der Waals surface area (Å²) in [5.41, 5.74) is 6.27. The highest BCUT2D eigenvalue weighted by atomic mass is 32.1. The first kappa shape index (κ1) is 10.7. The standard InChI is InChI=1S/C13H12N2OS/c14-13(8-4-3-7-11(13)16)12-15-9-5-1-2-6-10(9)17-12/h1-8,11,16H,14H2. The van der Waals surface area contributed by atoms with E-state index in [9.17, 15) is 5.11 Å². The third-order valence-electron chi connectivity index (χ3n) is 2.93. The van der Waals surface area contributed by atoms with Crippen LogP contribution in [-0.4, -0.2) is 16.2 Å². The second-order valence-electron chi connectivity index (χ2n) is 4.11. The lowest BCUT2D eigenvalue weighted by Crippen LogP contribution is -2.46. The normalized spacial score (nSPS) is 27.8. The molecule has 0 amide bonds. The van der Waals surface area contributed by atoms with Crippen molar-refractivity contribution in [3.63, 3.8) is 0 Å². The number of hydrogen-bond donors (Lipinski definition) is 2. The molecular weight excluding hydrogens is 232 g/mol. The highest BCUT2D eigenvalue weighted by Crippen LogP contribution is 2.33. The van der Waals surface area contributed by atoms with Gasteiger partial charge in [-0.3, -0.25) is 0 Å². The van der Waals surface area contributed by atoms with Gasteiger partial charge in [0.15, 0.2) is 0 Å². The van der Waals surface area contributed by atoms with Crippen LogP contribution in [0.4, 0.5) is 0 Å². The van der Waals surface area contributed by atoms with Crippen molar-refractivity contribution in [1.29, 1.82) is 0 Å². The Kier molecular flexibility index (Phi) is 2.36. The predicted molar refractivity (Wildman–Crippen MR) is 69.8 cm³/mol. The molecule has 3 N–H and O–H groups in total. The van der Waals surface area contributed by atoms with Crippen LogP contribution in [0.3, 0.4) is 0 Å². The van der Waals surface area contributed by atoms with Crippen LogP contribution in [0.25, 0.3) is 10.2 Å². The van der Waals surface area contributed by atoms with Crippen LogP contribution in [0, 0.1) is 0 Å². The molecule has 1 aliphatic carbocycles. The van der Waals surface area contributed by atoms with Crippen LogP contribution < -0.4 is 5.73 Å². The topological polar surface area (TPSA) is 59.1 Å². The smallest absolute Gasteiger partial charge is 0.121 e. The first-order valence-electron chi connectivity index (χ1n) is 5.39. The van der Waals surface area contributed by atoms with Crippen molar-refractivity contribution in [3.8, 4) is 0 Å². The fraction of sp³-hybridized carbons (Fsp3) is 0.154. The zero-order valence-corrected chi connectivity index (χ0v) is 9.89. The molecule has 86 valence electrons. The molecule has 2 aromatic rings. The summed E-state index contributed by atoms with van der Waals surface area (Å²) in [6, 6.07) is 7.88. The Bertz CT molecular complexity index is 584. The number of aliphatic hydroxyl groups excluding tert-OH is 1. The Morgan fingerprint density at radius 2 is 2.12 bits per heavy atom. The Morgan fingerprint density at radius 1 is 1.29 bits per heavy atom. The van der Waals surface area contributed by atoms with Crippen LogP contribution in [-0.2, 0) is 5.54 Å². The molecule has 4 heteroatoms. The van der Waals surface area contributed by atoms with E-state index in [1.54, 1.807) is 18.2 Å². The molecule has 0 saturated heterocycles. The molecule has 0 aliphatic heterocycles. The van der Waals surface area contributed by atoms with E-state index in [0.29, 0.717) is 0 Å². The minimum atomic E-state index is -0.904. The number of para-hydroxylation sites is 1. The lowest BCUT2D eigenvalue weighted by atomic mass is 9.90. The van der Waals surface area contributed by atoms with E-state index in [1.807, 2.05) is 30.3 Å². The van der Waals surface area contributed by atoms with Crippen LogP contribution >= 0.6 is 11.3 Å². The predicted octanol–water partition coefficient (Wildman–Crippen LogP) is 1.94. The van der Waals surface area contributed by atoms with Gasteiger partial charge in [0.25, 0.3) is 0 Å². The van der Waals surface area contributed by atoms with Crippen molar-refractivity contribution in [1.82, 2.24) is 4.98 Å². The van der Waals surface area contributed by atoms with Gasteiger partial charge in [0, 0.05) is 0 Å². The molecule has 3 nitrogen and oxygen atoms in total. The van der Waals surface area contributed by atoms with Crippen molar-refractivity contribution >= 4 is 21.6 Å². The summed E-state index contributed by atoms with van der Waals surface area (Å²) in [5, 5.41) is 10.8. The maximum absolute atomic E-state index is 10.0. The minimum Gasteiger partial charge on any atom is -0.386 e. The van der Waals surface area contributed by atoms with Gasteiger partial charge in [0.05, 0.1) is 10.2 Å². The lowest BCUT2D eigenvalue weighted by Gasteiger charge is -2.29. The van der Waals surface area contributed by atoms with Crippen LogP contribution in [0.1, 0.15) is 5.01 Å². The van der Waals surface area contributed by atoms with Gasteiger partial charge in [-0.25, -0.2) is 4.98 Å². The first-order chi connectivity index (χ1) is 8.20. The molecule has 1 aromatic carbocycles. The SMILES string of the molecule is NC1(c2nc3ccccc3s2)C=CC=CC1O. The molecule has 17 heavy (non-hydrogen) atoms. The number of thiazole rings is 1. The van der Waals surface area contributed by atoms with Crippen molar-refractivity contribution in [2.45, 2.75) is 11.6 Å². The van der Waals surface area contributed by atoms with Crippen LogP contribution in [0.15, 0.2) is 48.6 Å². The van der Waals surface area contributed by atoms with Crippen molar-refractivity contribution in [2.75, 3.05) is 0 Å². The van der Waals surface area contributed by atoms with Crippen LogP contribution in [0.2, 0.25) is 0 Å². The van der Waals surface area contributed by atoms with Gasteiger partial charge in [-0.15, -0.1) is 11.3 Å². The molecule has 0 fully saturated rings. The van der Waals surface area contributed by atoms with E-state index in [-0.39, 0.29) is 0 Å². The van der Waals surface area contributed by atoms with Gasteiger partial charge < -0.3 is 10.8 Å². The number of fused-ring (bicyclic) bond motifs is 1. The highest BCUT2D eigenvalue weighted by molar-refractivity contribution is 7.18. The maximum atomic E-state index is 10.0. The molecule has 3 rings (SSSR count). The summed E-state index contributed by atoms with van der Waals surface area (Å²) >= 11 is 1.53. The number of nitrogens with two attached hydrogens (primary N) is 1. The summed E-state index contributed by atoms with van der Waals surface area (Å²) < 4.78 is 1.09. The zero-order valence-electron chi connectivity index (χ0n) is 9.08. The Morgan fingerprint density at radius 3 is 2.88 bits per heavy atom. The quantitative estimate of drug-likeness (QED) is 0.806. The number of rotatable bonds is 1. The maximum Gasteiger partial charge on any atom is 0.121 e. The van der Waals surface area contributed by atoms with Crippen LogP contribution in [0.5, 0.6) is 0 Å². The van der Waals surface area contributed by atoms with E-state index in [1.165, 1.54) is 11.3 Å². The number of hydrogen-bond acceptors (Lipinski definition) is 4. The Balaban J connectivity index is 2.14. The van der Waals surface area contributed by atoms with Gasteiger partial charge >= 0.3 is 0 Å². The van der Waals surface area contributed by atoms with Gasteiger partial charge in [-0.05, 0) is 12.1 Å². The monoisotopic (exact) mass is 244 g/mol. The third-order valence-corrected chi connectivity index (χ3v) is 4.13. The molecule has 1 aromatic heterocycles. The Labute approximate surface area is 103 Å². The second-order valence-corrected chi connectivity index (χ2v) is 5.14. The number of nitrogens with zero attached hydrogens (tertiary/aromatic N) is 1. The molecule has 0 radical (unpaired) electrons. The number of aromatic nitrogens is 1. The molecule has 0 saturated carbocycles. The van der Waals surface area contributed by atoms with Gasteiger partial charge in [-0.1, -0.05) is 36.4 Å². The summed E-state index contributed by atoms with van der Waals surface area (Å²) in [6.45, 7) is 0. The van der Waals surface area contributed by atoms with E-state index in [2.05, 4.69) is 4.98 Å². The summed E-state index contributed by atoms with van der Waals surface area (Å²) in [5.74, 6) is 0. The fourth-order valence-corrected chi connectivity index (χ4v) is 2.98. The zero-order chi connectivity index (χ0) is 11.9. The average molecular weight is 244 g/mol. The molecule has 2 atom stereocenters. The van der Waals surface area contributed by atoms with E-state index < -0.39 is 11.6 Å². The van der Waals surface area contributed by atoms with Crippen molar-refractivity contribution < 1.29 is 5.11 Å². The van der Waals surface area contributed by atoms with E-state index >= 15 is 0 Å². The van der Waals surface area contributed by atoms with Crippen molar-refractivity contribution in [3.05, 3.63) is 53.6 Å². The van der Waals surface area contributed by atoms with Gasteiger partial charge in [0.2, 0.25) is 0 Å². The molecule has 0 bridgehead atoms. The molecule has 1 heterocycles. The van der Waals surface area contributed by atoms with E-state index in [0.717, 1.165) is 15.2 Å². The highest BCUT2D eigenvalue weighted by Gasteiger charge is 2.35. The van der Waals surface area contributed by atoms with Gasteiger partial charge in [0.1, 0.15) is 16.7 Å². The number of allylic oxidation sites excluding steroid dienone is 2. The van der Waals surface area contributed by atoms with E-state index in [4.69, 9.17) is 5.73 Å². The third kappa shape index (κ3) is 1.61.